The van der Waals surface area contributed by atoms with Crippen molar-refractivity contribution in [3.8, 4) is 0 Å². The highest BCUT2D eigenvalue weighted by molar-refractivity contribution is 5.84. The highest BCUT2D eigenvalue weighted by Gasteiger charge is 2.13. The molecule has 1 saturated heterocycles. The molecule has 0 radical (unpaired) electrons. The normalized spacial score (nSPS) is 14.8. The quantitative estimate of drug-likeness (QED) is 0.873. The lowest BCUT2D eigenvalue weighted by atomic mass is 10.4. The van der Waals surface area contributed by atoms with Crippen LogP contribution in [0.2, 0.25) is 0 Å². The maximum Gasteiger partial charge on any atom is 0.411 e. The number of pyridine rings is 1. The fourth-order valence-electron chi connectivity index (χ4n) is 1.88. The van der Waals surface area contributed by atoms with E-state index in [0.29, 0.717) is 12.3 Å². The number of carbonyl (C=O) groups excluding carboxylic acids is 1. The van der Waals surface area contributed by atoms with Crippen LogP contribution in [0.1, 0.15) is 19.8 Å². The summed E-state index contributed by atoms with van der Waals surface area (Å²) in [5.41, 5.74) is 0.659. The smallest absolute Gasteiger partial charge is 0.411 e. The minimum absolute atomic E-state index is 0.366. The molecule has 0 aromatic carbocycles. The van der Waals surface area contributed by atoms with Crippen LogP contribution >= 0.6 is 0 Å². The first-order chi connectivity index (χ1) is 8.29. The van der Waals surface area contributed by atoms with E-state index in [1.54, 1.807) is 13.1 Å². The number of nitrogens with zero attached hydrogens (tertiary/aromatic N) is 2. The molecule has 1 N–H and O–H groups in total. The predicted molar refractivity (Wildman–Crippen MR) is 66.3 cm³/mol. The van der Waals surface area contributed by atoms with Gasteiger partial charge in [-0.3, -0.25) is 5.32 Å². The van der Waals surface area contributed by atoms with E-state index in [-0.39, 0.29) is 0 Å². The Morgan fingerprint density at radius 2 is 2.24 bits per heavy atom. The fourth-order valence-corrected chi connectivity index (χ4v) is 1.88. The van der Waals surface area contributed by atoms with Crippen LogP contribution in [0.4, 0.5) is 16.3 Å². The van der Waals surface area contributed by atoms with E-state index in [4.69, 9.17) is 4.74 Å². The van der Waals surface area contributed by atoms with Gasteiger partial charge in [0, 0.05) is 13.1 Å². The predicted octanol–water partition coefficient (Wildman–Crippen LogP) is 2.25. The summed E-state index contributed by atoms with van der Waals surface area (Å²) in [4.78, 5) is 17.8. The topological polar surface area (TPSA) is 54.5 Å². The Morgan fingerprint density at radius 1 is 1.47 bits per heavy atom. The van der Waals surface area contributed by atoms with Gasteiger partial charge in [-0.1, -0.05) is 0 Å². The Morgan fingerprint density at radius 3 is 2.82 bits per heavy atom. The number of aromatic nitrogens is 1. The third-order valence-corrected chi connectivity index (χ3v) is 2.70. The van der Waals surface area contributed by atoms with E-state index in [1.807, 2.05) is 12.1 Å². The van der Waals surface area contributed by atoms with Gasteiger partial charge in [-0.05, 0) is 31.9 Å². The molecule has 1 aromatic rings. The molecule has 0 unspecified atom stereocenters. The summed E-state index contributed by atoms with van der Waals surface area (Å²) in [5, 5.41) is 2.62. The average molecular weight is 235 g/mol. The van der Waals surface area contributed by atoms with Crippen molar-refractivity contribution in [3.63, 3.8) is 0 Å². The van der Waals surface area contributed by atoms with Crippen LogP contribution in [0, 0.1) is 0 Å². The molecule has 1 amide bonds. The molecule has 0 spiro atoms. The van der Waals surface area contributed by atoms with Crippen molar-refractivity contribution >= 4 is 17.6 Å². The van der Waals surface area contributed by atoms with Crippen LogP contribution in [-0.2, 0) is 4.74 Å². The number of amides is 1. The number of hydrogen-bond acceptors (Lipinski definition) is 4. The Labute approximate surface area is 101 Å². The van der Waals surface area contributed by atoms with E-state index < -0.39 is 6.09 Å². The van der Waals surface area contributed by atoms with Gasteiger partial charge in [-0.25, -0.2) is 9.78 Å². The zero-order chi connectivity index (χ0) is 12.1. The summed E-state index contributed by atoms with van der Waals surface area (Å²) >= 11 is 0. The van der Waals surface area contributed by atoms with Gasteiger partial charge in [0.25, 0.3) is 0 Å². The van der Waals surface area contributed by atoms with Crippen LogP contribution < -0.4 is 10.2 Å². The van der Waals surface area contributed by atoms with E-state index in [0.717, 1.165) is 18.9 Å². The minimum Gasteiger partial charge on any atom is -0.450 e. The zero-order valence-corrected chi connectivity index (χ0v) is 9.98. The molecule has 17 heavy (non-hydrogen) atoms. The lowest BCUT2D eigenvalue weighted by Crippen LogP contribution is -2.19. The Bertz CT molecular complexity index is 372. The summed E-state index contributed by atoms with van der Waals surface area (Å²) in [6.45, 7) is 4.27. The van der Waals surface area contributed by atoms with Crippen LogP contribution in [-0.4, -0.2) is 30.8 Å². The molecule has 92 valence electrons. The Kier molecular flexibility index (Phi) is 3.80. The van der Waals surface area contributed by atoms with Gasteiger partial charge in [-0.15, -0.1) is 0 Å². The van der Waals surface area contributed by atoms with Gasteiger partial charge in [-0.2, -0.15) is 0 Å². The molecule has 2 heterocycles. The largest absolute Gasteiger partial charge is 0.450 e. The molecule has 5 heteroatoms. The highest BCUT2D eigenvalue weighted by Crippen LogP contribution is 2.18. The summed E-state index contributed by atoms with van der Waals surface area (Å²) in [6, 6.07) is 3.77. The first-order valence-electron chi connectivity index (χ1n) is 5.94. The first kappa shape index (κ1) is 11.7. The molecule has 1 aromatic heterocycles. The van der Waals surface area contributed by atoms with E-state index in [1.165, 1.54) is 12.8 Å². The van der Waals surface area contributed by atoms with E-state index in [2.05, 4.69) is 15.2 Å². The van der Waals surface area contributed by atoms with Crippen molar-refractivity contribution in [2.75, 3.05) is 29.9 Å². The second-order valence-corrected chi connectivity index (χ2v) is 3.94. The average Bonchev–Trinajstić information content (AvgIpc) is 2.84. The van der Waals surface area contributed by atoms with Gasteiger partial charge in [0.05, 0.1) is 18.5 Å². The Hall–Kier alpha value is -1.78. The van der Waals surface area contributed by atoms with Gasteiger partial charge in [0.1, 0.15) is 5.82 Å². The third-order valence-electron chi connectivity index (χ3n) is 2.70. The highest BCUT2D eigenvalue weighted by atomic mass is 16.5. The van der Waals surface area contributed by atoms with Crippen LogP contribution in [0.3, 0.4) is 0 Å². The van der Waals surface area contributed by atoms with Crippen molar-refractivity contribution < 1.29 is 9.53 Å². The first-order valence-corrected chi connectivity index (χ1v) is 5.94. The van der Waals surface area contributed by atoms with Crippen LogP contribution in [0.25, 0.3) is 0 Å². The van der Waals surface area contributed by atoms with Crippen molar-refractivity contribution in [3.05, 3.63) is 18.3 Å². The molecule has 0 bridgehead atoms. The molecular formula is C12H17N3O2. The third kappa shape index (κ3) is 3.09. The molecule has 0 atom stereocenters. The van der Waals surface area contributed by atoms with E-state index in [9.17, 15) is 4.79 Å². The number of rotatable bonds is 3. The number of anilines is 2. The monoisotopic (exact) mass is 235 g/mol. The lowest BCUT2D eigenvalue weighted by molar-refractivity contribution is 0.168. The SMILES string of the molecule is CCOC(=O)Nc1ccc(N2CCCC2)nc1. The maximum absolute atomic E-state index is 11.2. The van der Waals surface area contributed by atoms with Crippen LogP contribution in [0.15, 0.2) is 18.3 Å². The van der Waals surface area contributed by atoms with Crippen molar-refractivity contribution in [2.45, 2.75) is 19.8 Å². The van der Waals surface area contributed by atoms with Crippen molar-refractivity contribution in [2.24, 2.45) is 0 Å². The standard InChI is InChI=1S/C12H17N3O2/c1-2-17-12(16)14-10-5-6-11(13-9-10)15-7-3-4-8-15/h5-6,9H,2-4,7-8H2,1H3,(H,14,16). The van der Waals surface area contributed by atoms with Crippen LogP contribution in [0.5, 0.6) is 0 Å². The lowest BCUT2D eigenvalue weighted by Gasteiger charge is -2.16. The second kappa shape index (κ2) is 5.52. The van der Waals surface area contributed by atoms with E-state index >= 15 is 0 Å². The second-order valence-electron chi connectivity index (χ2n) is 3.94. The number of ether oxygens (including phenoxy) is 1. The molecule has 1 aliphatic heterocycles. The summed E-state index contributed by atoms with van der Waals surface area (Å²) < 4.78 is 4.79. The molecule has 2 rings (SSSR count). The maximum atomic E-state index is 11.2. The fraction of sp³-hybridized carbons (Fsp3) is 0.500. The van der Waals surface area contributed by atoms with Crippen molar-refractivity contribution in [1.29, 1.82) is 0 Å². The Balaban J connectivity index is 1.95. The zero-order valence-electron chi connectivity index (χ0n) is 9.98. The number of nitrogens with one attached hydrogen (secondary N) is 1. The van der Waals surface area contributed by atoms with Gasteiger partial charge >= 0.3 is 6.09 Å². The molecule has 1 aliphatic rings. The molecule has 0 aliphatic carbocycles. The summed E-state index contributed by atoms with van der Waals surface area (Å²) in [5.74, 6) is 0.969. The summed E-state index contributed by atoms with van der Waals surface area (Å²) in [6.07, 6.45) is 3.67. The van der Waals surface area contributed by atoms with Crippen molar-refractivity contribution in [1.82, 2.24) is 4.98 Å². The molecular weight excluding hydrogens is 218 g/mol. The summed E-state index contributed by atoms with van der Waals surface area (Å²) in [7, 11) is 0. The number of carbonyl (C=O) groups is 1. The molecule has 5 nitrogen and oxygen atoms in total. The number of hydrogen-bond donors (Lipinski definition) is 1. The van der Waals surface area contributed by atoms with Gasteiger partial charge in [0.15, 0.2) is 0 Å². The van der Waals surface area contributed by atoms with Gasteiger partial charge in [0.2, 0.25) is 0 Å². The molecule has 1 fully saturated rings. The van der Waals surface area contributed by atoms with Gasteiger partial charge < -0.3 is 9.64 Å². The minimum atomic E-state index is -0.441. The molecule has 0 saturated carbocycles.